The minimum Gasteiger partial charge on any atom is -0.299 e. The van der Waals surface area contributed by atoms with Gasteiger partial charge in [-0.2, -0.15) is 0 Å². The molecular weight excluding hydrogens is 136 g/mol. The van der Waals surface area contributed by atoms with Gasteiger partial charge in [-0.25, -0.2) is 0 Å². The zero-order valence-corrected chi connectivity index (χ0v) is 7.92. The molecule has 0 aromatic rings. The van der Waals surface area contributed by atoms with Gasteiger partial charge in [-0.15, -0.1) is 0 Å². The van der Waals surface area contributed by atoms with Gasteiger partial charge in [-0.05, 0) is 17.8 Å². The maximum atomic E-state index is 11.4. The average molecular weight is 154 g/mol. The molecular formula is C10H18O. The number of carbonyl (C=O) groups excluding carboxylic acids is 1. The molecule has 0 heterocycles. The first kappa shape index (κ1) is 8.76. The summed E-state index contributed by atoms with van der Waals surface area (Å²) in [6.45, 7) is 8.71. The van der Waals surface area contributed by atoms with Crippen LogP contribution in [0.1, 0.15) is 34.1 Å². The number of Topliss-reactive ketones (excluding diaryl/α,β-unsaturated/α-hetero) is 1. The van der Waals surface area contributed by atoms with E-state index < -0.39 is 0 Å². The summed E-state index contributed by atoms with van der Waals surface area (Å²) in [5, 5.41) is 0. The van der Waals surface area contributed by atoms with Gasteiger partial charge in [0.05, 0.1) is 0 Å². The Balaban J connectivity index is 2.70. The summed E-state index contributed by atoms with van der Waals surface area (Å²) in [4.78, 5) is 11.4. The molecule has 1 fully saturated rings. The first-order chi connectivity index (χ1) is 5.04. The van der Waals surface area contributed by atoms with Crippen LogP contribution in [0.25, 0.3) is 0 Å². The van der Waals surface area contributed by atoms with E-state index in [-0.39, 0.29) is 0 Å². The van der Waals surface area contributed by atoms with Gasteiger partial charge < -0.3 is 0 Å². The molecule has 0 amide bonds. The smallest absolute Gasteiger partial charge is 0.136 e. The monoisotopic (exact) mass is 154 g/mol. The third kappa shape index (κ3) is 1.47. The minimum atomic E-state index is 0.293. The second-order valence-electron chi connectivity index (χ2n) is 4.15. The van der Waals surface area contributed by atoms with E-state index in [1.54, 1.807) is 0 Å². The largest absolute Gasteiger partial charge is 0.299 e. The summed E-state index contributed by atoms with van der Waals surface area (Å²) in [5.74, 6) is 2.63. The molecule has 0 bridgehead atoms. The lowest BCUT2D eigenvalue weighted by molar-refractivity contribution is -0.129. The maximum absolute atomic E-state index is 11.4. The predicted molar refractivity (Wildman–Crippen MR) is 46.3 cm³/mol. The molecule has 4 unspecified atom stereocenters. The number of ketones is 1. The summed E-state index contributed by atoms with van der Waals surface area (Å²) in [7, 11) is 0. The Labute approximate surface area is 69.2 Å². The van der Waals surface area contributed by atoms with Gasteiger partial charge in [-0.1, -0.05) is 27.7 Å². The minimum absolute atomic E-state index is 0.293. The van der Waals surface area contributed by atoms with Gasteiger partial charge >= 0.3 is 0 Å². The Kier molecular flexibility index (Phi) is 2.36. The molecule has 0 aromatic carbocycles. The van der Waals surface area contributed by atoms with Gasteiger partial charge in [0.1, 0.15) is 5.78 Å². The number of rotatable bonds is 0. The molecule has 0 aromatic heterocycles. The molecule has 0 N–H and O–H groups in total. The van der Waals surface area contributed by atoms with Crippen molar-refractivity contribution in [3.63, 3.8) is 0 Å². The van der Waals surface area contributed by atoms with Crippen LogP contribution in [0.15, 0.2) is 0 Å². The number of hydrogen-bond acceptors (Lipinski definition) is 1. The number of hydrogen-bond donors (Lipinski definition) is 0. The third-order valence-corrected chi connectivity index (χ3v) is 3.55. The van der Waals surface area contributed by atoms with Crippen LogP contribution in [-0.4, -0.2) is 5.78 Å². The van der Waals surface area contributed by atoms with E-state index in [0.717, 1.165) is 6.42 Å². The van der Waals surface area contributed by atoms with Gasteiger partial charge in [0, 0.05) is 12.3 Å². The van der Waals surface area contributed by atoms with Crippen molar-refractivity contribution in [2.75, 3.05) is 0 Å². The van der Waals surface area contributed by atoms with Crippen LogP contribution in [0, 0.1) is 23.7 Å². The summed E-state index contributed by atoms with van der Waals surface area (Å²) in [6.07, 6.45) is 0.798. The summed E-state index contributed by atoms with van der Waals surface area (Å²) in [6, 6.07) is 0. The lowest BCUT2D eigenvalue weighted by Crippen LogP contribution is -2.35. The maximum Gasteiger partial charge on any atom is 0.136 e. The normalized spacial score (nSPS) is 46.0. The van der Waals surface area contributed by atoms with E-state index in [4.69, 9.17) is 0 Å². The van der Waals surface area contributed by atoms with Crippen molar-refractivity contribution in [3.05, 3.63) is 0 Å². The van der Waals surface area contributed by atoms with E-state index in [0.29, 0.717) is 29.5 Å². The zero-order chi connectivity index (χ0) is 8.59. The van der Waals surface area contributed by atoms with Crippen molar-refractivity contribution in [1.29, 1.82) is 0 Å². The first-order valence-electron chi connectivity index (χ1n) is 4.56. The molecule has 0 spiro atoms. The van der Waals surface area contributed by atoms with Crippen molar-refractivity contribution in [3.8, 4) is 0 Å². The molecule has 1 heteroatoms. The fraction of sp³-hybridized carbons (Fsp3) is 0.900. The molecule has 1 rings (SSSR count). The topological polar surface area (TPSA) is 17.1 Å². The Hall–Kier alpha value is -0.330. The Morgan fingerprint density at radius 3 is 2.18 bits per heavy atom. The van der Waals surface area contributed by atoms with Gasteiger partial charge in [0.25, 0.3) is 0 Å². The fourth-order valence-electron chi connectivity index (χ4n) is 1.96. The molecule has 4 atom stereocenters. The van der Waals surface area contributed by atoms with E-state index in [1.165, 1.54) is 0 Å². The molecule has 1 aliphatic carbocycles. The van der Waals surface area contributed by atoms with E-state index in [2.05, 4.69) is 27.7 Å². The van der Waals surface area contributed by atoms with Crippen molar-refractivity contribution in [2.24, 2.45) is 23.7 Å². The first-order valence-corrected chi connectivity index (χ1v) is 4.56. The average Bonchev–Trinajstić information content (AvgIpc) is 1.97. The molecule has 0 saturated heterocycles. The molecule has 0 radical (unpaired) electrons. The second-order valence-corrected chi connectivity index (χ2v) is 4.15. The Bertz CT molecular complexity index is 162. The molecule has 0 aliphatic heterocycles. The molecule has 1 nitrogen and oxygen atoms in total. The van der Waals surface area contributed by atoms with Crippen LogP contribution < -0.4 is 0 Å². The highest BCUT2D eigenvalue weighted by Gasteiger charge is 2.34. The Morgan fingerprint density at radius 1 is 1.09 bits per heavy atom. The van der Waals surface area contributed by atoms with Gasteiger partial charge in [0.2, 0.25) is 0 Å². The molecule has 64 valence electrons. The third-order valence-electron chi connectivity index (χ3n) is 3.55. The van der Waals surface area contributed by atoms with Crippen LogP contribution in [0.4, 0.5) is 0 Å². The highest BCUT2D eigenvalue weighted by molar-refractivity contribution is 5.82. The van der Waals surface area contributed by atoms with Crippen LogP contribution in [0.2, 0.25) is 0 Å². The van der Waals surface area contributed by atoms with Crippen molar-refractivity contribution < 1.29 is 4.79 Å². The second kappa shape index (κ2) is 2.96. The standard InChI is InChI=1S/C10H18O/c1-6-5-10(11)9(4)8(3)7(6)2/h6-9H,5H2,1-4H3. The molecule has 1 saturated carbocycles. The van der Waals surface area contributed by atoms with E-state index >= 15 is 0 Å². The zero-order valence-electron chi connectivity index (χ0n) is 7.92. The molecule has 1 aliphatic rings. The van der Waals surface area contributed by atoms with Crippen molar-refractivity contribution in [2.45, 2.75) is 34.1 Å². The summed E-state index contributed by atoms with van der Waals surface area (Å²) in [5.41, 5.74) is 0. The highest BCUT2D eigenvalue weighted by atomic mass is 16.1. The van der Waals surface area contributed by atoms with Crippen molar-refractivity contribution in [1.82, 2.24) is 0 Å². The highest BCUT2D eigenvalue weighted by Crippen LogP contribution is 2.35. The van der Waals surface area contributed by atoms with Gasteiger partial charge in [-0.3, -0.25) is 4.79 Å². The van der Waals surface area contributed by atoms with Gasteiger partial charge in [0.15, 0.2) is 0 Å². The van der Waals surface area contributed by atoms with E-state index in [9.17, 15) is 4.79 Å². The number of carbonyl (C=O) groups is 1. The fourth-order valence-corrected chi connectivity index (χ4v) is 1.96. The Morgan fingerprint density at radius 2 is 1.64 bits per heavy atom. The molecule has 11 heavy (non-hydrogen) atoms. The summed E-state index contributed by atoms with van der Waals surface area (Å²) < 4.78 is 0. The van der Waals surface area contributed by atoms with Crippen molar-refractivity contribution >= 4 is 5.78 Å². The lowest BCUT2D eigenvalue weighted by Gasteiger charge is -2.35. The predicted octanol–water partition coefficient (Wildman–Crippen LogP) is 2.50. The van der Waals surface area contributed by atoms with Crippen LogP contribution >= 0.6 is 0 Å². The quantitative estimate of drug-likeness (QED) is 0.524. The van der Waals surface area contributed by atoms with Crippen LogP contribution in [-0.2, 0) is 4.79 Å². The SMILES string of the molecule is CC1CC(=O)C(C)C(C)C1C. The summed E-state index contributed by atoms with van der Waals surface area (Å²) >= 11 is 0. The van der Waals surface area contributed by atoms with Crippen LogP contribution in [0.3, 0.4) is 0 Å². The van der Waals surface area contributed by atoms with Crippen LogP contribution in [0.5, 0.6) is 0 Å². The lowest BCUT2D eigenvalue weighted by atomic mass is 9.69. The van der Waals surface area contributed by atoms with E-state index in [1.807, 2.05) is 0 Å².